The number of aromatic nitrogens is 8. The van der Waals surface area contributed by atoms with Gasteiger partial charge in [0.05, 0.1) is 24.0 Å². The fourth-order valence-electron chi connectivity index (χ4n) is 4.64. The average Bonchev–Trinajstić information content (AvgIpc) is 3.16. The summed E-state index contributed by atoms with van der Waals surface area (Å²) >= 11 is 1.56. The van der Waals surface area contributed by atoms with E-state index in [4.69, 9.17) is 9.97 Å². The van der Waals surface area contributed by atoms with E-state index in [-0.39, 0.29) is 6.04 Å². The summed E-state index contributed by atoms with van der Waals surface area (Å²) in [5.41, 5.74) is 2.65. The highest BCUT2D eigenvalue weighted by molar-refractivity contribution is 7.13. The predicted molar refractivity (Wildman–Crippen MR) is 118 cm³/mol. The van der Waals surface area contributed by atoms with Crippen LogP contribution in [-0.4, -0.2) is 46.0 Å². The summed E-state index contributed by atoms with van der Waals surface area (Å²) in [5, 5.41) is 19.1. The number of aryl methyl sites for hydroxylation is 1. The van der Waals surface area contributed by atoms with Gasteiger partial charge in [0.25, 0.3) is 0 Å². The minimum absolute atomic E-state index is 0.134. The first kappa shape index (κ1) is 18.6. The van der Waals surface area contributed by atoms with Crippen LogP contribution >= 0.6 is 11.3 Å². The standard InChI is InChI=1S/C21H23N9S/c1-4-15-20-28-26-12(3)30(20)16-10-23-18(25-19(16)29(15)11(2)13-5-6-13)14-9-24-27-17(14)21-22-7-8-31-21/h7-11,13,15H,4-6H2,1-3H3,(H,24,27). The maximum absolute atomic E-state index is 5.11. The minimum Gasteiger partial charge on any atom is -0.341 e. The molecule has 4 aromatic heterocycles. The van der Waals surface area contributed by atoms with Gasteiger partial charge in [0.1, 0.15) is 22.2 Å². The van der Waals surface area contributed by atoms with Crippen molar-refractivity contribution in [2.24, 2.45) is 5.92 Å². The lowest BCUT2D eigenvalue weighted by Gasteiger charge is -2.41. The monoisotopic (exact) mass is 433 g/mol. The second kappa shape index (κ2) is 6.94. The number of nitrogens with zero attached hydrogens (tertiary/aromatic N) is 8. The van der Waals surface area contributed by atoms with E-state index in [1.165, 1.54) is 12.8 Å². The Labute approximate surface area is 183 Å². The zero-order valence-electron chi connectivity index (χ0n) is 17.6. The fourth-order valence-corrected chi connectivity index (χ4v) is 5.28. The molecule has 1 N–H and O–H groups in total. The molecule has 1 fully saturated rings. The molecular weight excluding hydrogens is 410 g/mol. The lowest BCUT2D eigenvalue weighted by atomic mass is 10.0. The van der Waals surface area contributed by atoms with Crippen molar-refractivity contribution in [1.82, 2.24) is 39.9 Å². The molecule has 9 nitrogen and oxygen atoms in total. The topological polar surface area (TPSA) is 101 Å². The van der Waals surface area contributed by atoms with Gasteiger partial charge in [0.2, 0.25) is 0 Å². The van der Waals surface area contributed by atoms with Crippen LogP contribution in [0, 0.1) is 12.8 Å². The molecule has 6 rings (SSSR count). The van der Waals surface area contributed by atoms with Gasteiger partial charge >= 0.3 is 0 Å². The van der Waals surface area contributed by atoms with Crippen LogP contribution in [-0.2, 0) is 0 Å². The van der Waals surface area contributed by atoms with E-state index >= 15 is 0 Å². The minimum atomic E-state index is 0.134. The second-order valence-electron chi connectivity index (χ2n) is 8.25. The van der Waals surface area contributed by atoms with Crippen molar-refractivity contribution in [3.05, 3.63) is 35.6 Å². The van der Waals surface area contributed by atoms with E-state index in [2.05, 4.69) is 48.7 Å². The second-order valence-corrected chi connectivity index (χ2v) is 9.14. The van der Waals surface area contributed by atoms with Gasteiger partial charge in [-0.05, 0) is 39.0 Å². The number of aromatic amines is 1. The SMILES string of the molecule is CCC1c2nnc(C)n2-c2cnc(-c3cn[nH]c3-c3nccs3)nc2N1C(C)C1CC1. The number of thiazole rings is 1. The molecule has 2 aliphatic rings. The first-order valence-electron chi connectivity index (χ1n) is 10.7. The Morgan fingerprint density at radius 3 is 2.84 bits per heavy atom. The molecule has 4 aromatic rings. The third-order valence-corrected chi connectivity index (χ3v) is 7.17. The first-order valence-corrected chi connectivity index (χ1v) is 11.6. The van der Waals surface area contributed by atoms with E-state index in [0.717, 1.165) is 45.8 Å². The summed E-state index contributed by atoms with van der Waals surface area (Å²) in [6.45, 7) is 6.50. The summed E-state index contributed by atoms with van der Waals surface area (Å²) < 4.78 is 2.11. The molecule has 2 unspecified atom stereocenters. The Bertz CT molecular complexity index is 1240. The molecule has 31 heavy (non-hydrogen) atoms. The van der Waals surface area contributed by atoms with E-state index in [0.29, 0.717) is 17.8 Å². The zero-order chi connectivity index (χ0) is 21.1. The molecule has 1 aliphatic heterocycles. The Morgan fingerprint density at radius 2 is 2.10 bits per heavy atom. The van der Waals surface area contributed by atoms with Crippen LogP contribution in [0.5, 0.6) is 0 Å². The Balaban J connectivity index is 1.54. The van der Waals surface area contributed by atoms with Crippen LogP contribution in [0.4, 0.5) is 5.82 Å². The normalized spacial score (nSPS) is 18.7. The van der Waals surface area contributed by atoms with Crippen molar-refractivity contribution in [2.45, 2.75) is 52.1 Å². The van der Waals surface area contributed by atoms with Crippen molar-refractivity contribution in [3.8, 4) is 27.8 Å². The average molecular weight is 434 g/mol. The summed E-state index contributed by atoms with van der Waals surface area (Å²) in [6.07, 6.45) is 8.94. The van der Waals surface area contributed by atoms with Crippen molar-refractivity contribution < 1.29 is 0 Å². The van der Waals surface area contributed by atoms with Crippen molar-refractivity contribution in [1.29, 1.82) is 0 Å². The highest BCUT2D eigenvalue weighted by Crippen LogP contribution is 2.46. The largest absolute Gasteiger partial charge is 0.341 e. The van der Waals surface area contributed by atoms with Gasteiger partial charge in [0, 0.05) is 17.6 Å². The van der Waals surface area contributed by atoms with Crippen LogP contribution < -0.4 is 4.90 Å². The van der Waals surface area contributed by atoms with Gasteiger partial charge in [0.15, 0.2) is 17.5 Å². The lowest BCUT2D eigenvalue weighted by Crippen LogP contribution is -2.43. The number of fused-ring (bicyclic) bond motifs is 3. The molecule has 10 heteroatoms. The molecule has 0 saturated heterocycles. The molecule has 1 aliphatic carbocycles. The Morgan fingerprint density at radius 1 is 1.23 bits per heavy atom. The highest BCUT2D eigenvalue weighted by atomic mass is 32.1. The summed E-state index contributed by atoms with van der Waals surface area (Å²) in [4.78, 5) is 16.7. The zero-order valence-corrected chi connectivity index (χ0v) is 18.5. The summed E-state index contributed by atoms with van der Waals surface area (Å²) in [7, 11) is 0. The summed E-state index contributed by atoms with van der Waals surface area (Å²) in [5.74, 6) is 4.11. The lowest BCUT2D eigenvalue weighted by molar-refractivity contribution is 0.454. The molecular formula is C21H23N9S. The third kappa shape index (κ3) is 2.81. The van der Waals surface area contributed by atoms with Gasteiger partial charge in [-0.25, -0.2) is 15.0 Å². The number of H-pyrrole nitrogens is 1. The number of nitrogens with one attached hydrogen (secondary N) is 1. The van der Waals surface area contributed by atoms with E-state index in [1.54, 1.807) is 23.7 Å². The summed E-state index contributed by atoms with van der Waals surface area (Å²) in [6, 6.07) is 0.509. The van der Waals surface area contributed by atoms with Gasteiger partial charge in [-0.3, -0.25) is 9.67 Å². The fraction of sp³-hybridized carbons (Fsp3) is 0.429. The van der Waals surface area contributed by atoms with Crippen LogP contribution in [0.25, 0.3) is 27.8 Å². The molecule has 5 heterocycles. The maximum atomic E-state index is 5.11. The molecule has 2 atom stereocenters. The van der Waals surface area contributed by atoms with Gasteiger partial charge < -0.3 is 4.90 Å². The molecule has 1 saturated carbocycles. The Kier molecular flexibility index (Phi) is 4.17. The van der Waals surface area contributed by atoms with Crippen molar-refractivity contribution >= 4 is 17.2 Å². The van der Waals surface area contributed by atoms with Crippen LogP contribution in [0.3, 0.4) is 0 Å². The van der Waals surface area contributed by atoms with E-state index in [9.17, 15) is 0 Å². The molecule has 0 aromatic carbocycles. The van der Waals surface area contributed by atoms with Crippen LogP contribution in [0.15, 0.2) is 24.0 Å². The number of hydrogen-bond donors (Lipinski definition) is 1. The van der Waals surface area contributed by atoms with Gasteiger partial charge in [-0.15, -0.1) is 21.5 Å². The molecule has 0 bridgehead atoms. The van der Waals surface area contributed by atoms with Gasteiger partial charge in [-0.1, -0.05) is 6.92 Å². The molecule has 0 radical (unpaired) electrons. The molecule has 158 valence electrons. The molecule has 0 spiro atoms. The van der Waals surface area contributed by atoms with Crippen LogP contribution in [0.2, 0.25) is 0 Å². The van der Waals surface area contributed by atoms with E-state index < -0.39 is 0 Å². The predicted octanol–water partition coefficient (Wildman–Crippen LogP) is 3.95. The smallest absolute Gasteiger partial charge is 0.165 e. The van der Waals surface area contributed by atoms with Crippen molar-refractivity contribution in [3.63, 3.8) is 0 Å². The number of anilines is 1. The maximum Gasteiger partial charge on any atom is 0.165 e. The Hall–Kier alpha value is -3.14. The van der Waals surface area contributed by atoms with Crippen molar-refractivity contribution in [2.75, 3.05) is 4.90 Å². The quantitative estimate of drug-likeness (QED) is 0.508. The third-order valence-electron chi connectivity index (χ3n) is 6.38. The molecule has 0 amide bonds. The highest BCUT2D eigenvalue weighted by Gasteiger charge is 2.42. The first-order chi connectivity index (χ1) is 15.2. The van der Waals surface area contributed by atoms with Gasteiger partial charge in [-0.2, -0.15) is 5.10 Å². The number of hydrogen-bond acceptors (Lipinski definition) is 8. The number of rotatable bonds is 5. The van der Waals surface area contributed by atoms with E-state index in [1.807, 2.05) is 18.5 Å². The van der Waals surface area contributed by atoms with Crippen LogP contribution in [0.1, 0.15) is 50.8 Å².